The van der Waals surface area contributed by atoms with Gasteiger partial charge in [0.1, 0.15) is 18.2 Å². The van der Waals surface area contributed by atoms with Gasteiger partial charge in [0.05, 0.1) is 5.69 Å². The summed E-state index contributed by atoms with van der Waals surface area (Å²) in [6.07, 6.45) is 17.9. The quantitative estimate of drug-likeness (QED) is 0.704. The highest BCUT2D eigenvalue weighted by atomic mass is 16.5. The average Bonchev–Trinajstić information content (AvgIpc) is 3.24. The van der Waals surface area contributed by atoms with Gasteiger partial charge in [-0.3, -0.25) is 4.90 Å². The molecule has 156 valence electrons. The zero-order valence-corrected chi connectivity index (χ0v) is 17.6. The number of rotatable bonds is 6. The van der Waals surface area contributed by atoms with E-state index in [0.717, 1.165) is 56.8 Å². The molecule has 2 aromatic rings. The van der Waals surface area contributed by atoms with Crippen molar-refractivity contribution < 1.29 is 4.74 Å². The number of likely N-dealkylation sites (tertiary alicyclic amines) is 1. The van der Waals surface area contributed by atoms with E-state index in [2.05, 4.69) is 64.5 Å². The fourth-order valence-corrected chi connectivity index (χ4v) is 4.64. The van der Waals surface area contributed by atoms with Crippen molar-refractivity contribution in [1.29, 1.82) is 0 Å². The van der Waals surface area contributed by atoms with Gasteiger partial charge in [0.2, 0.25) is 0 Å². The third-order valence-electron chi connectivity index (χ3n) is 6.45. The Balaban J connectivity index is 1.10. The molecule has 1 N–H and O–H groups in total. The van der Waals surface area contributed by atoms with Crippen molar-refractivity contribution in [2.45, 2.75) is 51.0 Å². The summed E-state index contributed by atoms with van der Waals surface area (Å²) in [5, 5.41) is 0. The molecule has 1 saturated heterocycles. The number of nitrogens with zero attached hydrogens (tertiary/aromatic N) is 2. The molecule has 0 unspecified atom stereocenters. The Kier molecular flexibility index (Phi) is 5.85. The van der Waals surface area contributed by atoms with E-state index in [9.17, 15) is 0 Å². The minimum absolute atomic E-state index is 0.569. The number of aryl methyl sites for hydroxylation is 1. The number of hydrogen-bond donors (Lipinski definition) is 1. The van der Waals surface area contributed by atoms with E-state index in [0.29, 0.717) is 12.5 Å². The summed E-state index contributed by atoms with van der Waals surface area (Å²) in [6, 6.07) is 8.63. The second-order valence-corrected chi connectivity index (χ2v) is 8.67. The number of allylic oxidation sites excluding steroid dienone is 3. The van der Waals surface area contributed by atoms with Gasteiger partial charge >= 0.3 is 0 Å². The first kappa shape index (κ1) is 19.4. The van der Waals surface area contributed by atoms with Crippen LogP contribution in [0.2, 0.25) is 0 Å². The first-order chi connectivity index (χ1) is 14.8. The molecule has 1 aromatic carbocycles. The molecule has 5 rings (SSSR count). The molecule has 0 atom stereocenters. The average molecular weight is 402 g/mol. The minimum Gasteiger partial charge on any atom is -0.489 e. The van der Waals surface area contributed by atoms with Crippen LogP contribution in [-0.4, -0.2) is 34.6 Å². The van der Waals surface area contributed by atoms with Crippen molar-refractivity contribution in [3.05, 3.63) is 76.9 Å². The van der Waals surface area contributed by atoms with Gasteiger partial charge in [-0.2, -0.15) is 0 Å². The molecule has 4 nitrogen and oxygen atoms in total. The molecule has 30 heavy (non-hydrogen) atoms. The summed E-state index contributed by atoms with van der Waals surface area (Å²) in [6.45, 7) is 3.93. The molecule has 0 radical (unpaired) electrons. The molecule has 0 amide bonds. The summed E-state index contributed by atoms with van der Waals surface area (Å²) in [7, 11) is 0. The van der Waals surface area contributed by atoms with Crippen LogP contribution in [0.25, 0.3) is 6.08 Å². The third kappa shape index (κ3) is 4.59. The topological polar surface area (TPSA) is 41.1 Å². The standard InChI is InChI=1S/C26H31N3O/c1-2-6-21(7-3-1)19-30-23-12-10-20(11-13-23)18-29-16-14-22(15-17-29)26-27-24-8-4-5-9-25(24)28-26/h2,4,6-8,10-13,22H,1,3,5,9,14-19H2,(H,27,28). The van der Waals surface area contributed by atoms with Crippen LogP contribution >= 0.6 is 0 Å². The van der Waals surface area contributed by atoms with Gasteiger partial charge in [0.25, 0.3) is 0 Å². The Morgan fingerprint density at radius 2 is 1.83 bits per heavy atom. The van der Waals surface area contributed by atoms with E-state index in [-0.39, 0.29) is 0 Å². The second-order valence-electron chi connectivity index (χ2n) is 8.67. The predicted octanol–water partition coefficient (Wildman–Crippen LogP) is 5.40. The lowest BCUT2D eigenvalue weighted by molar-refractivity contribution is 0.202. The van der Waals surface area contributed by atoms with E-state index < -0.39 is 0 Å². The van der Waals surface area contributed by atoms with Crippen molar-refractivity contribution in [3.63, 3.8) is 0 Å². The van der Waals surface area contributed by atoms with Crippen LogP contribution in [-0.2, 0) is 13.0 Å². The van der Waals surface area contributed by atoms with E-state index >= 15 is 0 Å². The molecular formula is C26H31N3O. The highest BCUT2D eigenvalue weighted by Gasteiger charge is 2.24. The molecule has 1 aliphatic heterocycles. The first-order valence-electron chi connectivity index (χ1n) is 11.4. The van der Waals surface area contributed by atoms with Gasteiger partial charge in [0, 0.05) is 18.2 Å². The molecule has 0 spiro atoms. The molecule has 2 heterocycles. The van der Waals surface area contributed by atoms with Crippen molar-refractivity contribution in [3.8, 4) is 5.75 Å². The number of aromatic nitrogens is 2. The molecule has 3 aliphatic rings. The van der Waals surface area contributed by atoms with Crippen LogP contribution in [0.4, 0.5) is 0 Å². The Bertz CT molecular complexity index is 943. The number of benzene rings is 1. The lowest BCUT2D eigenvalue weighted by Crippen LogP contribution is -2.32. The fraction of sp³-hybridized carbons (Fsp3) is 0.423. The van der Waals surface area contributed by atoms with Crippen molar-refractivity contribution >= 4 is 6.08 Å². The smallest absolute Gasteiger partial charge is 0.119 e. The Morgan fingerprint density at radius 1 is 1.00 bits per heavy atom. The van der Waals surface area contributed by atoms with Gasteiger partial charge in [-0.15, -0.1) is 0 Å². The van der Waals surface area contributed by atoms with Crippen LogP contribution in [0, 0.1) is 0 Å². The van der Waals surface area contributed by atoms with Crippen LogP contribution in [0.15, 0.2) is 54.1 Å². The summed E-state index contributed by atoms with van der Waals surface area (Å²) in [5.74, 6) is 2.72. The summed E-state index contributed by atoms with van der Waals surface area (Å²) in [5.41, 5.74) is 5.13. The van der Waals surface area contributed by atoms with Crippen LogP contribution in [0.5, 0.6) is 5.75 Å². The van der Waals surface area contributed by atoms with Gasteiger partial charge in [-0.05, 0) is 81.0 Å². The number of imidazole rings is 1. The summed E-state index contributed by atoms with van der Waals surface area (Å²) in [4.78, 5) is 11.0. The van der Waals surface area contributed by atoms with Crippen LogP contribution in [0.3, 0.4) is 0 Å². The number of nitrogens with one attached hydrogen (secondary N) is 1. The molecule has 1 fully saturated rings. The fourth-order valence-electron chi connectivity index (χ4n) is 4.64. The monoisotopic (exact) mass is 401 g/mol. The van der Waals surface area contributed by atoms with Gasteiger partial charge < -0.3 is 9.72 Å². The molecule has 1 aromatic heterocycles. The normalized spacial score (nSPS) is 19.5. The van der Waals surface area contributed by atoms with E-state index in [4.69, 9.17) is 9.72 Å². The number of ether oxygens (including phenoxy) is 1. The third-order valence-corrected chi connectivity index (χ3v) is 6.45. The number of H-pyrrole nitrogens is 1. The summed E-state index contributed by atoms with van der Waals surface area (Å²) < 4.78 is 5.94. The Morgan fingerprint density at radius 3 is 2.60 bits per heavy atom. The van der Waals surface area contributed by atoms with Gasteiger partial charge in [0.15, 0.2) is 0 Å². The van der Waals surface area contributed by atoms with Crippen LogP contribution < -0.4 is 4.74 Å². The Hall–Kier alpha value is -2.59. The van der Waals surface area contributed by atoms with Crippen molar-refractivity contribution in [1.82, 2.24) is 14.9 Å². The molecular weight excluding hydrogens is 370 g/mol. The van der Waals surface area contributed by atoms with Gasteiger partial charge in [-0.25, -0.2) is 4.98 Å². The number of hydrogen-bond acceptors (Lipinski definition) is 3. The van der Waals surface area contributed by atoms with Crippen molar-refractivity contribution in [2.75, 3.05) is 19.7 Å². The van der Waals surface area contributed by atoms with E-state index in [1.165, 1.54) is 35.5 Å². The number of fused-ring (bicyclic) bond motifs is 1. The highest BCUT2D eigenvalue weighted by molar-refractivity contribution is 5.50. The SMILES string of the molecule is C1=CC(COc2ccc(CN3CCC(c4nc5c([nH]4)CCC=C5)CC3)cc2)=CCC1. The number of piperidine rings is 1. The molecule has 4 heteroatoms. The van der Waals surface area contributed by atoms with E-state index in [1.54, 1.807) is 0 Å². The second kappa shape index (κ2) is 9.05. The van der Waals surface area contributed by atoms with Crippen molar-refractivity contribution in [2.24, 2.45) is 0 Å². The zero-order chi connectivity index (χ0) is 20.2. The van der Waals surface area contributed by atoms with Crippen LogP contribution in [0.1, 0.15) is 60.8 Å². The van der Waals surface area contributed by atoms with E-state index in [1.807, 2.05) is 0 Å². The predicted molar refractivity (Wildman–Crippen MR) is 122 cm³/mol. The highest BCUT2D eigenvalue weighted by Crippen LogP contribution is 2.29. The minimum atomic E-state index is 0.569. The Labute approximate surface area is 179 Å². The molecule has 0 bridgehead atoms. The molecule has 2 aliphatic carbocycles. The summed E-state index contributed by atoms with van der Waals surface area (Å²) >= 11 is 0. The maximum atomic E-state index is 5.94. The zero-order valence-electron chi connectivity index (χ0n) is 17.6. The first-order valence-corrected chi connectivity index (χ1v) is 11.4. The lowest BCUT2D eigenvalue weighted by Gasteiger charge is -2.31. The van der Waals surface area contributed by atoms with Gasteiger partial charge in [-0.1, -0.05) is 36.4 Å². The number of aromatic amines is 1. The maximum Gasteiger partial charge on any atom is 0.119 e. The maximum absolute atomic E-state index is 5.94. The lowest BCUT2D eigenvalue weighted by atomic mass is 9.96. The molecule has 0 saturated carbocycles. The largest absolute Gasteiger partial charge is 0.489 e.